The molecular weight excluding hydrogens is 458 g/mol. The van der Waals surface area contributed by atoms with E-state index in [0.29, 0.717) is 31.1 Å². The molecule has 1 aromatic heterocycles. The second-order valence-corrected chi connectivity index (χ2v) is 9.64. The number of rotatable bonds is 9. The zero-order valence-electron chi connectivity index (χ0n) is 21.5. The van der Waals surface area contributed by atoms with Gasteiger partial charge in [0.25, 0.3) is 0 Å². The quantitative estimate of drug-likeness (QED) is 0.390. The predicted octanol–water partition coefficient (Wildman–Crippen LogP) is 5.05. The highest BCUT2D eigenvalue weighted by atomic mass is 16.5. The largest absolute Gasteiger partial charge is 0.493 e. The van der Waals surface area contributed by atoms with Crippen LogP contribution in [-0.2, 0) is 22.5 Å². The fourth-order valence-corrected chi connectivity index (χ4v) is 4.83. The van der Waals surface area contributed by atoms with E-state index in [1.165, 1.54) is 6.07 Å². The van der Waals surface area contributed by atoms with Crippen molar-refractivity contribution in [2.45, 2.75) is 39.8 Å². The number of fused-ring (bicyclic) bond motifs is 3. The van der Waals surface area contributed by atoms with Crippen molar-refractivity contribution in [1.82, 2.24) is 4.57 Å². The molecule has 0 radical (unpaired) electrons. The molecule has 2 aromatic carbocycles. The molecule has 3 aromatic rings. The molecule has 0 fully saturated rings. The molecule has 1 aliphatic heterocycles. The first-order valence-corrected chi connectivity index (χ1v) is 12.1. The van der Waals surface area contributed by atoms with Gasteiger partial charge in [-0.15, -0.1) is 0 Å². The second-order valence-electron chi connectivity index (χ2n) is 9.64. The molecule has 0 aliphatic carbocycles. The zero-order chi connectivity index (χ0) is 25.9. The molecule has 7 heteroatoms. The fourth-order valence-electron chi connectivity index (χ4n) is 4.83. The number of aromatic nitrogens is 1. The summed E-state index contributed by atoms with van der Waals surface area (Å²) in [5.74, 6) is 0.601. The van der Waals surface area contributed by atoms with Crippen LogP contribution in [-0.4, -0.2) is 38.0 Å². The highest BCUT2D eigenvalue weighted by molar-refractivity contribution is 5.89. The molecule has 7 nitrogen and oxygen atoms in total. The number of hydrogen-bond acceptors (Lipinski definition) is 6. The molecule has 0 amide bonds. The third-order valence-corrected chi connectivity index (χ3v) is 6.65. The lowest BCUT2D eigenvalue weighted by Gasteiger charge is -2.40. The van der Waals surface area contributed by atoms with Crippen molar-refractivity contribution in [2.75, 3.05) is 27.4 Å². The lowest BCUT2D eigenvalue weighted by Crippen LogP contribution is -2.37. The summed E-state index contributed by atoms with van der Waals surface area (Å²) in [6.45, 7) is 7.07. The van der Waals surface area contributed by atoms with E-state index in [0.717, 1.165) is 22.4 Å². The van der Waals surface area contributed by atoms with Gasteiger partial charge in [0.1, 0.15) is 12.2 Å². The number of esters is 1. The van der Waals surface area contributed by atoms with Gasteiger partial charge < -0.3 is 23.5 Å². The first kappa shape index (κ1) is 25.5. The minimum atomic E-state index is -0.617. The molecule has 0 spiro atoms. The minimum Gasteiger partial charge on any atom is -0.493 e. The first-order valence-electron chi connectivity index (χ1n) is 12.1. The average Bonchev–Trinajstić information content (AvgIpc) is 2.86. The van der Waals surface area contributed by atoms with Gasteiger partial charge in [-0.05, 0) is 36.6 Å². The van der Waals surface area contributed by atoms with E-state index in [1.807, 2.05) is 47.0 Å². The maximum atomic E-state index is 13.0. The molecule has 0 saturated heterocycles. The summed E-state index contributed by atoms with van der Waals surface area (Å²) in [7, 11) is 3.27. The SMILES string of the molecule is CCOC(=O)c1cn2c(cc1=O)-c1cc(OC)c(OCc3ccccc3)cc1CC2C(C)(C)COC. The Morgan fingerprint density at radius 2 is 1.83 bits per heavy atom. The molecule has 2 heterocycles. The Balaban J connectivity index is 1.83. The number of carbonyl (C=O) groups is 1. The van der Waals surface area contributed by atoms with Crippen LogP contribution in [0.25, 0.3) is 11.3 Å². The third kappa shape index (κ3) is 5.02. The van der Waals surface area contributed by atoms with Crippen LogP contribution in [0.15, 0.2) is 59.5 Å². The summed E-state index contributed by atoms with van der Waals surface area (Å²) in [6, 6.07) is 15.3. The summed E-state index contributed by atoms with van der Waals surface area (Å²) >= 11 is 0. The second kappa shape index (κ2) is 10.6. The van der Waals surface area contributed by atoms with E-state index in [2.05, 4.69) is 13.8 Å². The van der Waals surface area contributed by atoms with Crippen molar-refractivity contribution in [3.05, 3.63) is 81.6 Å². The monoisotopic (exact) mass is 491 g/mol. The van der Waals surface area contributed by atoms with Gasteiger partial charge in [-0.2, -0.15) is 0 Å². The molecule has 0 N–H and O–H groups in total. The smallest absolute Gasteiger partial charge is 0.343 e. The number of carbonyl (C=O) groups excluding carboxylic acids is 1. The number of benzene rings is 2. The molecular formula is C29H33NO6. The maximum Gasteiger partial charge on any atom is 0.343 e. The van der Waals surface area contributed by atoms with Crippen molar-refractivity contribution in [1.29, 1.82) is 0 Å². The highest BCUT2D eigenvalue weighted by Crippen LogP contribution is 2.46. The van der Waals surface area contributed by atoms with Gasteiger partial charge in [0.05, 0.1) is 26.0 Å². The third-order valence-electron chi connectivity index (χ3n) is 6.65. The van der Waals surface area contributed by atoms with Gasteiger partial charge in [0, 0.05) is 36.4 Å². The number of pyridine rings is 1. The summed E-state index contributed by atoms with van der Waals surface area (Å²) < 4.78 is 24.5. The van der Waals surface area contributed by atoms with Gasteiger partial charge >= 0.3 is 5.97 Å². The topological polar surface area (TPSA) is 76.0 Å². The standard InChI is InChI=1S/C29H33NO6/c1-6-35-28(32)22-16-30-23(15-24(22)31)21-14-25(34-5)26(36-17-19-10-8-7-9-11-19)12-20(21)13-27(30)29(2,3)18-33-4/h7-12,14-16,27H,6,13,17-18H2,1-5H3. The Morgan fingerprint density at radius 1 is 1.08 bits per heavy atom. The maximum absolute atomic E-state index is 13.0. The average molecular weight is 492 g/mol. The van der Waals surface area contributed by atoms with Crippen molar-refractivity contribution in [3.8, 4) is 22.8 Å². The van der Waals surface area contributed by atoms with Crippen LogP contribution in [0.1, 0.15) is 48.3 Å². The molecule has 0 saturated carbocycles. The van der Waals surface area contributed by atoms with Crippen LogP contribution in [0.2, 0.25) is 0 Å². The van der Waals surface area contributed by atoms with Gasteiger partial charge in [-0.1, -0.05) is 44.2 Å². The molecule has 1 atom stereocenters. The van der Waals surface area contributed by atoms with E-state index >= 15 is 0 Å². The van der Waals surface area contributed by atoms with E-state index in [4.69, 9.17) is 18.9 Å². The number of methoxy groups -OCH3 is 2. The van der Waals surface area contributed by atoms with E-state index in [1.54, 1.807) is 27.3 Å². The number of ether oxygens (including phenoxy) is 4. The lowest BCUT2D eigenvalue weighted by atomic mass is 9.77. The Bertz CT molecular complexity index is 1300. The Hall–Kier alpha value is -3.58. The van der Waals surface area contributed by atoms with Crippen molar-refractivity contribution < 1.29 is 23.7 Å². The molecule has 0 bridgehead atoms. The molecule has 4 rings (SSSR count). The van der Waals surface area contributed by atoms with Crippen LogP contribution >= 0.6 is 0 Å². The molecule has 1 unspecified atom stereocenters. The van der Waals surface area contributed by atoms with Crippen molar-refractivity contribution in [3.63, 3.8) is 0 Å². The molecule has 36 heavy (non-hydrogen) atoms. The van der Waals surface area contributed by atoms with E-state index in [-0.39, 0.29) is 29.1 Å². The van der Waals surface area contributed by atoms with Gasteiger partial charge in [0.15, 0.2) is 16.9 Å². The van der Waals surface area contributed by atoms with Crippen LogP contribution in [0.5, 0.6) is 11.5 Å². The van der Waals surface area contributed by atoms with Crippen LogP contribution in [0, 0.1) is 5.41 Å². The van der Waals surface area contributed by atoms with Gasteiger partial charge in [-0.3, -0.25) is 4.79 Å². The van der Waals surface area contributed by atoms with Gasteiger partial charge in [-0.25, -0.2) is 4.79 Å². The van der Waals surface area contributed by atoms with Gasteiger partial charge in [0.2, 0.25) is 0 Å². The summed E-state index contributed by atoms with van der Waals surface area (Å²) in [5.41, 5.74) is 3.03. The fraction of sp³-hybridized carbons (Fsp3) is 0.379. The summed E-state index contributed by atoms with van der Waals surface area (Å²) in [6.07, 6.45) is 2.29. The normalized spacial score (nSPS) is 14.5. The van der Waals surface area contributed by atoms with Crippen molar-refractivity contribution >= 4 is 5.97 Å². The Morgan fingerprint density at radius 3 is 2.50 bits per heavy atom. The van der Waals surface area contributed by atoms with Crippen LogP contribution in [0.3, 0.4) is 0 Å². The summed E-state index contributed by atoms with van der Waals surface area (Å²) in [5, 5.41) is 0. The van der Waals surface area contributed by atoms with E-state index < -0.39 is 5.97 Å². The molecule has 1 aliphatic rings. The zero-order valence-corrected chi connectivity index (χ0v) is 21.5. The number of hydrogen-bond donors (Lipinski definition) is 0. The highest BCUT2D eigenvalue weighted by Gasteiger charge is 2.37. The minimum absolute atomic E-state index is 0.0250. The van der Waals surface area contributed by atoms with Crippen LogP contribution in [0.4, 0.5) is 0 Å². The number of nitrogens with zero attached hydrogens (tertiary/aromatic N) is 1. The van der Waals surface area contributed by atoms with Crippen LogP contribution < -0.4 is 14.9 Å². The lowest BCUT2D eigenvalue weighted by molar-refractivity contribution is 0.0516. The Kier molecular flexibility index (Phi) is 7.50. The molecule has 190 valence electrons. The van der Waals surface area contributed by atoms with Crippen molar-refractivity contribution in [2.24, 2.45) is 5.41 Å². The summed E-state index contributed by atoms with van der Waals surface area (Å²) in [4.78, 5) is 25.5. The Labute approximate surface area is 211 Å². The predicted molar refractivity (Wildman–Crippen MR) is 138 cm³/mol. The van der Waals surface area contributed by atoms with E-state index in [9.17, 15) is 9.59 Å². The first-order chi connectivity index (χ1) is 17.3.